The normalized spacial score (nSPS) is 10.3. The first-order valence-corrected chi connectivity index (χ1v) is 7.81. The summed E-state index contributed by atoms with van der Waals surface area (Å²) in [7, 11) is 0. The monoisotopic (exact) mass is 323 g/mol. The third kappa shape index (κ3) is 3.30. The first-order valence-electron chi connectivity index (χ1n) is 6.93. The van der Waals surface area contributed by atoms with Crippen molar-refractivity contribution >= 4 is 28.9 Å². The van der Waals surface area contributed by atoms with Gasteiger partial charge in [-0.1, -0.05) is 42.5 Å². The van der Waals surface area contributed by atoms with Gasteiger partial charge in [-0.25, -0.2) is 4.79 Å². The summed E-state index contributed by atoms with van der Waals surface area (Å²) in [6, 6.07) is 18.0. The molecule has 0 spiro atoms. The molecule has 1 heterocycles. The molecule has 3 rings (SSSR count). The summed E-state index contributed by atoms with van der Waals surface area (Å²) in [5, 5.41) is 13.8. The Morgan fingerprint density at radius 1 is 0.913 bits per heavy atom. The van der Waals surface area contributed by atoms with E-state index in [1.165, 1.54) is 17.4 Å². The van der Waals surface area contributed by atoms with Gasteiger partial charge in [0.25, 0.3) is 5.91 Å². The lowest BCUT2D eigenvalue weighted by Gasteiger charge is -2.10. The summed E-state index contributed by atoms with van der Waals surface area (Å²) in [5.74, 6) is -1.39. The smallest absolute Gasteiger partial charge is 0.337 e. The van der Waals surface area contributed by atoms with E-state index in [-0.39, 0.29) is 17.2 Å². The van der Waals surface area contributed by atoms with Crippen molar-refractivity contribution in [2.45, 2.75) is 0 Å². The molecular formula is C18H13NO3S. The molecule has 2 N–H and O–H groups in total. The van der Waals surface area contributed by atoms with Crippen LogP contribution in [0, 0.1) is 0 Å². The fraction of sp³-hybridized carbons (Fsp3) is 0. The highest BCUT2D eigenvalue weighted by molar-refractivity contribution is 7.12. The topological polar surface area (TPSA) is 66.4 Å². The highest BCUT2D eigenvalue weighted by atomic mass is 32.1. The van der Waals surface area contributed by atoms with E-state index in [0.29, 0.717) is 4.88 Å². The molecule has 0 aliphatic rings. The number of amides is 1. The highest BCUT2D eigenvalue weighted by Gasteiger charge is 2.15. The van der Waals surface area contributed by atoms with E-state index in [1.807, 2.05) is 30.3 Å². The molecule has 0 saturated carbocycles. The van der Waals surface area contributed by atoms with Gasteiger partial charge in [-0.05, 0) is 34.7 Å². The van der Waals surface area contributed by atoms with Gasteiger partial charge in [0.2, 0.25) is 0 Å². The zero-order chi connectivity index (χ0) is 16.2. The Hall–Kier alpha value is -2.92. The quantitative estimate of drug-likeness (QED) is 0.749. The van der Waals surface area contributed by atoms with Crippen molar-refractivity contribution in [3.8, 4) is 11.1 Å². The van der Waals surface area contributed by atoms with Gasteiger partial charge in [0, 0.05) is 0 Å². The van der Waals surface area contributed by atoms with E-state index < -0.39 is 5.97 Å². The average molecular weight is 323 g/mol. The summed E-state index contributed by atoms with van der Waals surface area (Å²) >= 11 is 1.31. The van der Waals surface area contributed by atoms with Crippen LogP contribution in [0.5, 0.6) is 0 Å². The van der Waals surface area contributed by atoms with Gasteiger partial charge < -0.3 is 10.4 Å². The fourth-order valence-corrected chi connectivity index (χ4v) is 2.85. The van der Waals surface area contributed by atoms with Gasteiger partial charge in [0.15, 0.2) is 0 Å². The molecule has 114 valence electrons. The molecule has 0 bridgehead atoms. The molecule has 0 aliphatic heterocycles. The number of aromatic carboxylic acids is 1. The minimum atomic E-state index is -1.08. The SMILES string of the molecule is O=C(Nc1cc(-c2ccccc2)ccc1C(=O)O)c1cccs1. The fourth-order valence-electron chi connectivity index (χ4n) is 2.24. The van der Waals surface area contributed by atoms with Gasteiger partial charge in [-0.2, -0.15) is 0 Å². The van der Waals surface area contributed by atoms with Gasteiger partial charge >= 0.3 is 5.97 Å². The van der Waals surface area contributed by atoms with Crippen molar-refractivity contribution in [3.63, 3.8) is 0 Å². The van der Waals surface area contributed by atoms with Crippen LogP contribution in [0.15, 0.2) is 66.0 Å². The zero-order valence-corrected chi connectivity index (χ0v) is 12.8. The van der Waals surface area contributed by atoms with Crippen LogP contribution in [0.3, 0.4) is 0 Å². The third-order valence-electron chi connectivity index (χ3n) is 3.35. The minimum absolute atomic E-state index is 0.0644. The van der Waals surface area contributed by atoms with Crippen molar-refractivity contribution in [1.29, 1.82) is 0 Å². The number of anilines is 1. The number of hydrogen-bond acceptors (Lipinski definition) is 3. The van der Waals surface area contributed by atoms with Crippen molar-refractivity contribution in [2.24, 2.45) is 0 Å². The lowest BCUT2D eigenvalue weighted by molar-refractivity contribution is 0.0698. The molecule has 0 aliphatic carbocycles. The van der Waals surface area contributed by atoms with E-state index in [0.717, 1.165) is 11.1 Å². The summed E-state index contributed by atoms with van der Waals surface area (Å²) in [6.45, 7) is 0. The van der Waals surface area contributed by atoms with E-state index >= 15 is 0 Å². The summed E-state index contributed by atoms with van der Waals surface area (Å²) in [5.41, 5.74) is 2.15. The molecule has 1 amide bonds. The van der Waals surface area contributed by atoms with E-state index in [4.69, 9.17) is 0 Å². The number of nitrogens with one attached hydrogen (secondary N) is 1. The van der Waals surface area contributed by atoms with Crippen LogP contribution in [0.25, 0.3) is 11.1 Å². The second-order valence-corrected chi connectivity index (χ2v) is 5.81. The van der Waals surface area contributed by atoms with Crippen LogP contribution in [-0.2, 0) is 0 Å². The minimum Gasteiger partial charge on any atom is -0.478 e. The molecule has 0 atom stereocenters. The van der Waals surface area contributed by atoms with Crippen molar-refractivity contribution in [1.82, 2.24) is 0 Å². The van der Waals surface area contributed by atoms with Crippen molar-refractivity contribution in [3.05, 3.63) is 76.5 Å². The van der Waals surface area contributed by atoms with E-state index in [2.05, 4.69) is 5.32 Å². The molecular weight excluding hydrogens is 310 g/mol. The molecule has 2 aromatic carbocycles. The number of thiophene rings is 1. The number of hydrogen-bond donors (Lipinski definition) is 2. The zero-order valence-electron chi connectivity index (χ0n) is 12.0. The van der Waals surface area contributed by atoms with Crippen LogP contribution < -0.4 is 5.32 Å². The third-order valence-corrected chi connectivity index (χ3v) is 4.22. The Morgan fingerprint density at radius 3 is 2.35 bits per heavy atom. The molecule has 5 heteroatoms. The summed E-state index contributed by atoms with van der Waals surface area (Å²) in [4.78, 5) is 24.1. The van der Waals surface area contributed by atoms with E-state index in [9.17, 15) is 14.7 Å². The maximum atomic E-state index is 12.2. The molecule has 0 fully saturated rings. The Labute approximate surface area is 137 Å². The molecule has 0 saturated heterocycles. The lowest BCUT2D eigenvalue weighted by atomic mass is 10.0. The Bertz CT molecular complexity index is 842. The van der Waals surface area contributed by atoms with Crippen LogP contribution in [0.4, 0.5) is 5.69 Å². The van der Waals surface area contributed by atoms with Crippen LogP contribution in [0.2, 0.25) is 0 Å². The molecule has 23 heavy (non-hydrogen) atoms. The summed E-state index contributed by atoms with van der Waals surface area (Å²) < 4.78 is 0. The Morgan fingerprint density at radius 2 is 1.70 bits per heavy atom. The highest BCUT2D eigenvalue weighted by Crippen LogP contribution is 2.26. The Kier molecular flexibility index (Phi) is 4.21. The standard InChI is InChI=1S/C18H13NO3S/c20-17(16-7-4-10-23-16)19-15-11-13(8-9-14(15)18(21)22)12-5-2-1-3-6-12/h1-11H,(H,19,20)(H,21,22). The second-order valence-electron chi connectivity index (χ2n) is 4.86. The van der Waals surface area contributed by atoms with Crippen LogP contribution in [-0.4, -0.2) is 17.0 Å². The molecule has 0 unspecified atom stereocenters. The number of carbonyl (C=O) groups is 2. The van der Waals surface area contributed by atoms with Gasteiger partial charge in [-0.15, -0.1) is 11.3 Å². The molecule has 4 nitrogen and oxygen atoms in total. The van der Waals surface area contributed by atoms with Crippen molar-refractivity contribution in [2.75, 3.05) is 5.32 Å². The Balaban J connectivity index is 1.99. The largest absolute Gasteiger partial charge is 0.478 e. The average Bonchev–Trinajstić information content (AvgIpc) is 3.10. The van der Waals surface area contributed by atoms with Gasteiger partial charge in [-0.3, -0.25) is 4.79 Å². The maximum Gasteiger partial charge on any atom is 0.337 e. The number of carbonyl (C=O) groups excluding carboxylic acids is 1. The molecule has 3 aromatic rings. The van der Waals surface area contributed by atoms with Gasteiger partial charge in [0.1, 0.15) is 0 Å². The van der Waals surface area contributed by atoms with E-state index in [1.54, 1.807) is 29.6 Å². The van der Waals surface area contributed by atoms with Crippen LogP contribution in [0.1, 0.15) is 20.0 Å². The van der Waals surface area contributed by atoms with Crippen molar-refractivity contribution < 1.29 is 14.7 Å². The molecule has 1 aromatic heterocycles. The maximum absolute atomic E-state index is 12.2. The van der Waals surface area contributed by atoms with Gasteiger partial charge in [0.05, 0.1) is 16.1 Å². The predicted molar refractivity (Wildman–Crippen MR) is 91.1 cm³/mol. The molecule has 0 radical (unpaired) electrons. The number of rotatable bonds is 4. The second kappa shape index (κ2) is 6.46. The number of benzene rings is 2. The number of carboxylic acid groups (broad SMARTS) is 1. The van der Waals surface area contributed by atoms with Crippen LogP contribution >= 0.6 is 11.3 Å². The number of carboxylic acids is 1. The summed E-state index contributed by atoms with van der Waals surface area (Å²) in [6.07, 6.45) is 0. The lowest BCUT2D eigenvalue weighted by Crippen LogP contribution is -2.13. The predicted octanol–water partition coefficient (Wildman–Crippen LogP) is 4.37. The first-order chi connectivity index (χ1) is 11.1. The first kappa shape index (κ1) is 15.0.